The third-order valence-corrected chi connectivity index (χ3v) is 4.47. The molecule has 1 rings (SSSR count). The lowest BCUT2D eigenvalue weighted by molar-refractivity contribution is 0.390. The minimum atomic E-state index is 0.609. The maximum Gasteiger partial charge on any atom is 0.0302 e. The zero-order valence-electron chi connectivity index (χ0n) is 10.6. The summed E-state index contributed by atoms with van der Waals surface area (Å²) in [4.78, 5) is 2.91. The molecule has 15 heavy (non-hydrogen) atoms. The molecule has 0 fully saturated rings. The monoisotopic (exact) mass is 225 g/mol. The predicted octanol–water partition coefficient (Wildman–Crippen LogP) is 3.89. The number of nitrogens with one attached hydrogen (secondary N) is 1. The van der Waals surface area contributed by atoms with E-state index in [0.717, 1.165) is 12.5 Å². The van der Waals surface area contributed by atoms with E-state index in [1.165, 1.54) is 21.7 Å². The van der Waals surface area contributed by atoms with Gasteiger partial charge in [-0.05, 0) is 38.3 Å². The van der Waals surface area contributed by atoms with Crippen molar-refractivity contribution in [2.75, 3.05) is 0 Å². The molecular formula is C13H23NS. The summed E-state index contributed by atoms with van der Waals surface area (Å²) in [6, 6.07) is 2.91. The van der Waals surface area contributed by atoms with Crippen LogP contribution in [0.4, 0.5) is 0 Å². The third kappa shape index (κ3) is 3.62. The van der Waals surface area contributed by atoms with Gasteiger partial charge in [-0.2, -0.15) is 0 Å². The fraction of sp³-hybridized carbons (Fsp3) is 0.692. The smallest absolute Gasteiger partial charge is 0.0302 e. The van der Waals surface area contributed by atoms with Crippen LogP contribution in [-0.4, -0.2) is 6.04 Å². The summed E-state index contributed by atoms with van der Waals surface area (Å²) in [5.41, 5.74) is 1.42. The van der Waals surface area contributed by atoms with Crippen molar-refractivity contribution >= 4 is 11.3 Å². The number of hydrogen-bond donors (Lipinski definition) is 1. The Hall–Kier alpha value is -0.340. The number of aryl methyl sites for hydroxylation is 2. The summed E-state index contributed by atoms with van der Waals surface area (Å²) < 4.78 is 0. The molecule has 0 aromatic carbocycles. The van der Waals surface area contributed by atoms with Crippen molar-refractivity contribution in [1.82, 2.24) is 5.32 Å². The molecule has 2 atom stereocenters. The number of hydrogen-bond acceptors (Lipinski definition) is 2. The largest absolute Gasteiger partial charge is 0.309 e. The van der Waals surface area contributed by atoms with Gasteiger partial charge in [0.1, 0.15) is 0 Å². The van der Waals surface area contributed by atoms with Gasteiger partial charge in [-0.15, -0.1) is 11.3 Å². The lowest BCUT2D eigenvalue weighted by Crippen LogP contribution is -2.31. The molecule has 0 saturated carbocycles. The molecular weight excluding hydrogens is 202 g/mol. The quantitative estimate of drug-likeness (QED) is 0.801. The molecule has 1 aromatic rings. The molecule has 0 spiro atoms. The molecule has 0 aliphatic carbocycles. The molecule has 1 heterocycles. The maximum absolute atomic E-state index is 3.60. The van der Waals surface area contributed by atoms with Crippen LogP contribution >= 0.6 is 11.3 Å². The van der Waals surface area contributed by atoms with Crippen molar-refractivity contribution in [2.24, 2.45) is 5.92 Å². The minimum absolute atomic E-state index is 0.609. The molecule has 1 nitrogen and oxygen atoms in total. The summed E-state index contributed by atoms with van der Waals surface area (Å²) in [5, 5.41) is 3.60. The molecule has 1 N–H and O–H groups in total. The molecule has 1 aromatic heterocycles. The Labute approximate surface area is 97.9 Å². The van der Waals surface area contributed by atoms with Crippen LogP contribution in [0.3, 0.4) is 0 Å². The minimum Gasteiger partial charge on any atom is -0.309 e. The van der Waals surface area contributed by atoms with E-state index in [-0.39, 0.29) is 0 Å². The van der Waals surface area contributed by atoms with Crippen LogP contribution in [0, 0.1) is 19.8 Å². The van der Waals surface area contributed by atoms with Crippen molar-refractivity contribution in [3.05, 3.63) is 21.4 Å². The first-order chi connectivity index (χ1) is 7.04. The highest BCUT2D eigenvalue weighted by Crippen LogP contribution is 2.20. The Bertz CT molecular complexity index is 284. The average molecular weight is 225 g/mol. The SMILES string of the molecule is CCC(C)C(C)NCc1cc(C)c(C)s1. The topological polar surface area (TPSA) is 12.0 Å². The van der Waals surface area contributed by atoms with Crippen molar-refractivity contribution in [2.45, 2.75) is 53.6 Å². The molecule has 2 unspecified atom stereocenters. The first-order valence-corrected chi connectivity index (χ1v) is 6.65. The molecule has 0 radical (unpaired) electrons. The van der Waals surface area contributed by atoms with E-state index in [4.69, 9.17) is 0 Å². The molecule has 0 saturated heterocycles. The van der Waals surface area contributed by atoms with E-state index in [0.29, 0.717) is 6.04 Å². The van der Waals surface area contributed by atoms with Gasteiger partial charge in [0, 0.05) is 22.3 Å². The molecule has 0 bridgehead atoms. The Kier molecular flexibility index (Phi) is 4.81. The van der Waals surface area contributed by atoms with Crippen LogP contribution in [0.5, 0.6) is 0 Å². The second kappa shape index (κ2) is 5.66. The van der Waals surface area contributed by atoms with Crippen LogP contribution in [0.1, 0.15) is 42.5 Å². The van der Waals surface area contributed by atoms with Crippen LogP contribution < -0.4 is 5.32 Å². The second-order valence-corrected chi connectivity index (χ2v) is 5.85. The van der Waals surface area contributed by atoms with E-state index < -0.39 is 0 Å². The van der Waals surface area contributed by atoms with Gasteiger partial charge in [0.2, 0.25) is 0 Å². The van der Waals surface area contributed by atoms with Crippen molar-refractivity contribution in [3.8, 4) is 0 Å². The Balaban J connectivity index is 2.43. The van der Waals surface area contributed by atoms with Gasteiger partial charge in [0.25, 0.3) is 0 Å². The molecule has 0 aliphatic heterocycles. The van der Waals surface area contributed by atoms with Crippen molar-refractivity contribution in [3.63, 3.8) is 0 Å². The van der Waals surface area contributed by atoms with Gasteiger partial charge in [-0.25, -0.2) is 0 Å². The van der Waals surface area contributed by atoms with E-state index in [1.54, 1.807) is 0 Å². The highest BCUT2D eigenvalue weighted by molar-refractivity contribution is 7.12. The van der Waals surface area contributed by atoms with Gasteiger partial charge in [0.15, 0.2) is 0 Å². The van der Waals surface area contributed by atoms with Crippen molar-refractivity contribution in [1.29, 1.82) is 0 Å². The first kappa shape index (κ1) is 12.7. The van der Waals surface area contributed by atoms with Gasteiger partial charge in [-0.3, -0.25) is 0 Å². The molecule has 2 heteroatoms. The molecule has 0 aliphatic rings. The number of rotatable bonds is 5. The fourth-order valence-corrected chi connectivity index (χ4v) is 2.56. The molecule has 86 valence electrons. The second-order valence-electron chi connectivity index (χ2n) is 4.51. The summed E-state index contributed by atoms with van der Waals surface area (Å²) in [6.07, 6.45) is 1.25. The van der Waals surface area contributed by atoms with E-state index in [9.17, 15) is 0 Å². The van der Waals surface area contributed by atoms with Crippen molar-refractivity contribution < 1.29 is 0 Å². The normalized spacial score (nSPS) is 15.3. The zero-order valence-corrected chi connectivity index (χ0v) is 11.4. The predicted molar refractivity (Wildman–Crippen MR) is 69.5 cm³/mol. The fourth-order valence-electron chi connectivity index (χ4n) is 1.55. The Morgan fingerprint density at radius 1 is 1.33 bits per heavy atom. The zero-order chi connectivity index (χ0) is 11.4. The maximum atomic E-state index is 3.60. The Morgan fingerprint density at radius 2 is 2.00 bits per heavy atom. The van der Waals surface area contributed by atoms with Crippen LogP contribution in [-0.2, 0) is 6.54 Å². The summed E-state index contributed by atoms with van der Waals surface area (Å²) in [5.74, 6) is 0.757. The van der Waals surface area contributed by atoms with Crippen LogP contribution in [0.2, 0.25) is 0 Å². The highest BCUT2D eigenvalue weighted by atomic mass is 32.1. The highest BCUT2D eigenvalue weighted by Gasteiger charge is 2.09. The van der Waals surface area contributed by atoms with Gasteiger partial charge in [-0.1, -0.05) is 20.3 Å². The average Bonchev–Trinajstić information content (AvgIpc) is 2.54. The summed E-state index contributed by atoms with van der Waals surface area (Å²) in [6.45, 7) is 12.2. The lowest BCUT2D eigenvalue weighted by atomic mass is 10.0. The van der Waals surface area contributed by atoms with Gasteiger partial charge in [0.05, 0.1) is 0 Å². The number of thiophene rings is 1. The lowest BCUT2D eigenvalue weighted by Gasteiger charge is -2.19. The van der Waals surface area contributed by atoms with Crippen LogP contribution in [0.25, 0.3) is 0 Å². The first-order valence-electron chi connectivity index (χ1n) is 5.83. The van der Waals surface area contributed by atoms with Gasteiger partial charge >= 0.3 is 0 Å². The summed E-state index contributed by atoms with van der Waals surface area (Å²) >= 11 is 1.91. The Morgan fingerprint density at radius 3 is 2.47 bits per heavy atom. The van der Waals surface area contributed by atoms with Gasteiger partial charge < -0.3 is 5.32 Å². The summed E-state index contributed by atoms with van der Waals surface area (Å²) in [7, 11) is 0. The van der Waals surface area contributed by atoms with E-state index in [2.05, 4.69) is 46.0 Å². The standard InChI is InChI=1S/C13H23NS/c1-6-9(2)11(4)14-8-13-7-10(3)12(5)15-13/h7,9,11,14H,6,8H2,1-5H3. The third-order valence-electron chi connectivity index (χ3n) is 3.31. The molecule has 0 amide bonds. The van der Waals surface area contributed by atoms with Crippen LogP contribution in [0.15, 0.2) is 6.07 Å². The van der Waals surface area contributed by atoms with E-state index >= 15 is 0 Å². The van der Waals surface area contributed by atoms with E-state index in [1.807, 2.05) is 11.3 Å².